The molecule has 0 spiro atoms. The number of hydrogen-bond donors (Lipinski definition) is 6. The summed E-state index contributed by atoms with van der Waals surface area (Å²) in [7, 11) is 1.35. The monoisotopic (exact) mass is 796 g/mol. The van der Waals surface area contributed by atoms with E-state index in [0.29, 0.717) is 32.1 Å². The van der Waals surface area contributed by atoms with Crippen LogP contribution < -0.4 is 0 Å². The Morgan fingerprint density at radius 2 is 1.19 bits per heavy atom. The molecule has 0 aliphatic heterocycles. The van der Waals surface area contributed by atoms with Gasteiger partial charge in [-0.3, -0.25) is 24.0 Å². The van der Waals surface area contributed by atoms with Crippen molar-refractivity contribution < 1.29 is 59.3 Å². The first kappa shape index (κ1) is 43.7. The van der Waals surface area contributed by atoms with Crippen LogP contribution >= 0.6 is 0 Å². The number of methoxy groups -OCH3 is 1. The first-order valence-electron chi connectivity index (χ1n) is 20.9. The molecule has 6 fully saturated rings. The minimum atomic E-state index is -1.56. The quantitative estimate of drug-likeness (QED) is 0.226. The van der Waals surface area contributed by atoms with Crippen LogP contribution in [0, 0.1) is 57.2 Å². The van der Waals surface area contributed by atoms with E-state index in [0.717, 1.165) is 50.5 Å². The molecule has 6 saturated carbocycles. The van der Waals surface area contributed by atoms with Gasteiger partial charge in [0.2, 0.25) is 0 Å². The van der Waals surface area contributed by atoms with Crippen LogP contribution in [0.25, 0.3) is 0 Å². The van der Waals surface area contributed by atoms with E-state index in [2.05, 4.69) is 18.6 Å². The zero-order valence-electron chi connectivity index (χ0n) is 34.5. The third-order valence-corrected chi connectivity index (χ3v) is 17.2. The predicted octanol–water partition coefficient (Wildman–Crippen LogP) is 3.52. The molecule has 57 heavy (non-hydrogen) atoms. The Morgan fingerprint density at radius 3 is 1.68 bits per heavy atom. The van der Waals surface area contributed by atoms with Gasteiger partial charge in [-0.05, 0) is 124 Å². The standard InChI is InChI=1S/C21H30O5.C21H28O5.C3H6O2/c2*1-19-7-5-13(23)9-12(19)3-4-14-15-6-8-21(26,17(25)11-22)20(15,2)10-16(24)18(14)19;1-3(4)5-2/h9,14-16,18,22,24,26H,3-8,10-11H2,1-2H3;5,7,9,14-16,18,22,24,26H,3-4,6,8,10-11H2,1-2H3;1-2H3/t2*14-,15-,16-,18+,19-,20-,21-;/m00./s1. The number of hydrogen-bond acceptors (Lipinski definition) is 12. The number of aliphatic hydroxyl groups excluding tert-OH is 4. The van der Waals surface area contributed by atoms with Gasteiger partial charge >= 0.3 is 5.97 Å². The topological polar surface area (TPSA) is 216 Å². The molecular weight excluding hydrogens is 732 g/mol. The van der Waals surface area contributed by atoms with Crippen LogP contribution in [0.3, 0.4) is 0 Å². The van der Waals surface area contributed by atoms with Crippen molar-refractivity contribution in [1.29, 1.82) is 0 Å². The highest BCUT2D eigenvalue weighted by atomic mass is 16.5. The fourth-order valence-electron chi connectivity index (χ4n) is 14.2. The van der Waals surface area contributed by atoms with E-state index in [4.69, 9.17) is 0 Å². The first-order valence-corrected chi connectivity index (χ1v) is 20.9. The van der Waals surface area contributed by atoms with Gasteiger partial charge in [0.15, 0.2) is 23.1 Å². The Kier molecular flexibility index (Phi) is 11.7. The molecule has 6 N–H and O–H groups in total. The van der Waals surface area contributed by atoms with Crippen molar-refractivity contribution in [2.45, 2.75) is 135 Å². The van der Waals surface area contributed by atoms with Gasteiger partial charge in [-0.15, -0.1) is 0 Å². The van der Waals surface area contributed by atoms with Crippen molar-refractivity contribution in [1.82, 2.24) is 0 Å². The van der Waals surface area contributed by atoms with Gasteiger partial charge in [0.05, 0.1) is 19.3 Å². The van der Waals surface area contributed by atoms with Gasteiger partial charge in [0, 0.05) is 35.5 Å². The normalized spacial score (nSPS) is 46.4. The maximum atomic E-state index is 12.4. The Hall–Kier alpha value is -2.87. The average Bonchev–Trinajstić information content (AvgIpc) is 3.60. The Balaban J connectivity index is 0.000000173. The molecule has 12 nitrogen and oxygen atoms in total. The van der Waals surface area contributed by atoms with Gasteiger partial charge in [-0.1, -0.05) is 44.9 Å². The maximum Gasteiger partial charge on any atom is 0.302 e. The smallest absolute Gasteiger partial charge is 0.302 e. The molecule has 0 bridgehead atoms. The molecule has 12 heteroatoms. The van der Waals surface area contributed by atoms with E-state index in [1.165, 1.54) is 19.6 Å². The summed E-state index contributed by atoms with van der Waals surface area (Å²) in [6.07, 6.45) is 13.4. The van der Waals surface area contributed by atoms with Crippen molar-refractivity contribution >= 4 is 29.1 Å². The van der Waals surface area contributed by atoms with Crippen molar-refractivity contribution in [2.24, 2.45) is 57.2 Å². The molecule has 0 heterocycles. The maximum absolute atomic E-state index is 12.4. The van der Waals surface area contributed by atoms with Crippen LogP contribution in [0.4, 0.5) is 0 Å². The minimum absolute atomic E-state index is 0.00912. The number of aliphatic hydroxyl groups is 6. The largest absolute Gasteiger partial charge is 0.469 e. The summed E-state index contributed by atoms with van der Waals surface area (Å²) in [4.78, 5) is 58.0. The highest BCUT2D eigenvalue weighted by Gasteiger charge is 2.69. The first-order chi connectivity index (χ1) is 26.6. The molecule has 0 aromatic rings. The van der Waals surface area contributed by atoms with Crippen molar-refractivity contribution in [2.75, 3.05) is 20.3 Å². The molecule has 0 aromatic heterocycles. The SMILES string of the molecule is COC(C)=O.C[C@]12C=CC(=O)C=C1CC[C@@H]1[C@@H]2[C@@H](O)C[C@@]2(C)[C@H]1CC[C@]2(O)C(=O)CO.C[C@]12CCC(=O)C=C1CC[C@@H]1[C@@H]2[C@@H](O)C[C@@]2(C)[C@H]1CC[C@]2(O)C(=O)CO. The van der Waals surface area contributed by atoms with E-state index < -0.39 is 59.0 Å². The molecule has 0 unspecified atom stereocenters. The Bertz CT molecular complexity index is 1760. The summed E-state index contributed by atoms with van der Waals surface area (Å²) in [5.41, 5.74) is -2.77. The van der Waals surface area contributed by atoms with Gasteiger partial charge in [-0.2, -0.15) is 0 Å². The van der Waals surface area contributed by atoms with Crippen molar-refractivity contribution in [3.05, 3.63) is 35.5 Å². The third-order valence-electron chi connectivity index (χ3n) is 17.2. The molecule has 0 amide bonds. The lowest BCUT2D eigenvalue weighted by Crippen LogP contribution is -2.62. The molecular formula is C45H64O12. The van der Waals surface area contributed by atoms with E-state index in [1.54, 1.807) is 18.2 Å². The molecule has 8 rings (SSSR count). The van der Waals surface area contributed by atoms with Crippen molar-refractivity contribution in [3.63, 3.8) is 0 Å². The molecule has 316 valence electrons. The number of esters is 1. The zero-order chi connectivity index (χ0) is 42.1. The van der Waals surface area contributed by atoms with Crippen LogP contribution in [0.1, 0.15) is 112 Å². The second-order valence-corrected chi connectivity index (χ2v) is 19.4. The number of fused-ring (bicyclic) bond motifs is 10. The fraction of sp³-hybridized carbons (Fsp3) is 0.756. The molecule has 0 radical (unpaired) electrons. The Labute approximate surface area is 335 Å². The van der Waals surface area contributed by atoms with Gasteiger partial charge in [0.25, 0.3) is 0 Å². The number of ether oxygens (including phenoxy) is 1. The van der Waals surface area contributed by atoms with Gasteiger partial charge in [0.1, 0.15) is 24.4 Å². The zero-order valence-corrected chi connectivity index (χ0v) is 34.5. The van der Waals surface area contributed by atoms with Gasteiger partial charge < -0.3 is 35.4 Å². The second kappa shape index (κ2) is 15.3. The van der Waals surface area contributed by atoms with Crippen LogP contribution in [-0.2, 0) is 28.7 Å². The number of carbonyl (C=O) groups excluding carboxylic acids is 5. The Morgan fingerprint density at radius 1 is 0.719 bits per heavy atom. The minimum Gasteiger partial charge on any atom is -0.469 e. The third kappa shape index (κ3) is 6.59. The molecule has 8 aliphatic carbocycles. The predicted molar refractivity (Wildman–Crippen MR) is 208 cm³/mol. The molecule has 14 atom stereocenters. The molecule has 0 saturated heterocycles. The van der Waals surface area contributed by atoms with Crippen molar-refractivity contribution in [3.8, 4) is 0 Å². The second-order valence-electron chi connectivity index (χ2n) is 19.4. The van der Waals surface area contributed by atoms with Crippen LogP contribution in [0.2, 0.25) is 0 Å². The van der Waals surface area contributed by atoms with E-state index in [-0.39, 0.29) is 63.9 Å². The molecule has 8 aliphatic rings. The number of ketones is 4. The lowest BCUT2D eigenvalue weighted by atomic mass is 9.45. The number of carbonyl (C=O) groups is 5. The summed E-state index contributed by atoms with van der Waals surface area (Å²) in [6.45, 7) is 8.16. The summed E-state index contributed by atoms with van der Waals surface area (Å²) in [5.74, 6) is -0.332. The number of allylic oxidation sites excluding steroid dienone is 5. The van der Waals surface area contributed by atoms with Crippen LogP contribution in [0.5, 0.6) is 0 Å². The van der Waals surface area contributed by atoms with Crippen LogP contribution in [-0.4, -0.2) is 103 Å². The van der Waals surface area contributed by atoms with E-state index in [1.807, 2.05) is 19.9 Å². The van der Waals surface area contributed by atoms with Crippen LogP contribution in [0.15, 0.2) is 35.5 Å². The highest BCUT2D eigenvalue weighted by Crippen LogP contribution is 2.69. The average molecular weight is 797 g/mol. The molecule has 0 aromatic carbocycles. The summed E-state index contributed by atoms with van der Waals surface area (Å²) < 4.78 is 4.11. The summed E-state index contributed by atoms with van der Waals surface area (Å²) in [5, 5.41) is 63.4. The highest BCUT2D eigenvalue weighted by molar-refractivity contribution is 6.01. The lowest BCUT2D eigenvalue weighted by Gasteiger charge is -2.60. The summed E-state index contributed by atoms with van der Waals surface area (Å²) >= 11 is 0. The van der Waals surface area contributed by atoms with E-state index in [9.17, 15) is 54.6 Å². The summed E-state index contributed by atoms with van der Waals surface area (Å²) in [6, 6.07) is 0. The lowest BCUT2D eigenvalue weighted by molar-refractivity contribution is -0.182. The number of rotatable bonds is 4. The fourth-order valence-corrected chi connectivity index (χ4v) is 14.2. The number of Topliss-reactive ketones (excluding diaryl/α,β-unsaturated/α-hetero) is 2. The van der Waals surface area contributed by atoms with E-state index >= 15 is 0 Å². The van der Waals surface area contributed by atoms with Gasteiger partial charge in [-0.25, -0.2) is 0 Å².